The molecule has 0 amide bonds. The quantitative estimate of drug-likeness (QED) is 0.409. The van der Waals surface area contributed by atoms with Crippen LogP contribution in [0.25, 0.3) is 0 Å². The van der Waals surface area contributed by atoms with Crippen molar-refractivity contribution in [1.82, 2.24) is 0 Å². The van der Waals surface area contributed by atoms with Crippen LogP contribution in [0.3, 0.4) is 0 Å². The minimum Gasteiger partial charge on any atom is -0.426 e. The van der Waals surface area contributed by atoms with Gasteiger partial charge in [-0.2, -0.15) is 0 Å². The van der Waals surface area contributed by atoms with Crippen molar-refractivity contribution < 1.29 is 14.3 Å². The summed E-state index contributed by atoms with van der Waals surface area (Å²) in [6.45, 7) is 3.15. The molecule has 0 atom stereocenters. The van der Waals surface area contributed by atoms with Crippen molar-refractivity contribution in [2.75, 3.05) is 13.2 Å². The Labute approximate surface area is 90.0 Å². The van der Waals surface area contributed by atoms with Gasteiger partial charge in [0.15, 0.2) is 0 Å². The number of ether oxygens (including phenoxy) is 2. The van der Waals surface area contributed by atoms with Crippen molar-refractivity contribution in [3.8, 4) is 5.75 Å². The van der Waals surface area contributed by atoms with Gasteiger partial charge in [0.2, 0.25) is 0 Å². The molecule has 0 N–H and O–H groups in total. The molecule has 82 valence electrons. The summed E-state index contributed by atoms with van der Waals surface area (Å²) in [4.78, 5) is 11.3. The molecule has 0 radical (unpaired) electrons. The molecule has 0 aliphatic rings. The van der Waals surface area contributed by atoms with Crippen molar-refractivity contribution in [1.29, 1.82) is 0 Å². The molecule has 0 fully saturated rings. The van der Waals surface area contributed by atoms with Gasteiger partial charge in [-0.3, -0.25) is 4.79 Å². The third-order valence-electron chi connectivity index (χ3n) is 1.77. The van der Waals surface area contributed by atoms with Crippen LogP contribution in [0, 0.1) is 0 Å². The van der Waals surface area contributed by atoms with Crippen molar-refractivity contribution in [3.05, 3.63) is 30.3 Å². The lowest BCUT2D eigenvalue weighted by Gasteiger charge is -2.04. The van der Waals surface area contributed by atoms with E-state index in [9.17, 15) is 4.79 Å². The molecule has 0 spiro atoms. The molecule has 0 unspecified atom stereocenters. The summed E-state index contributed by atoms with van der Waals surface area (Å²) in [5.74, 6) is 0.329. The highest BCUT2D eigenvalue weighted by molar-refractivity contribution is 5.72. The van der Waals surface area contributed by atoms with Gasteiger partial charge in [-0.25, -0.2) is 0 Å². The number of esters is 1. The minimum atomic E-state index is -0.252. The molecule has 0 saturated heterocycles. The summed E-state index contributed by atoms with van der Waals surface area (Å²) in [6, 6.07) is 9.05. The van der Waals surface area contributed by atoms with Gasteiger partial charge < -0.3 is 9.47 Å². The topological polar surface area (TPSA) is 35.5 Å². The van der Waals surface area contributed by atoms with Gasteiger partial charge in [-0.1, -0.05) is 25.1 Å². The number of rotatable bonds is 6. The average molecular weight is 208 g/mol. The van der Waals surface area contributed by atoms with E-state index >= 15 is 0 Å². The SMILES string of the molecule is CCCOCCC(=O)Oc1ccccc1. The Morgan fingerprint density at radius 1 is 1.20 bits per heavy atom. The number of hydrogen-bond donors (Lipinski definition) is 0. The Morgan fingerprint density at radius 2 is 1.93 bits per heavy atom. The smallest absolute Gasteiger partial charge is 0.313 e. The third kappa shape index (κ3) is 5.18. The molecule has 1 rings (SSSR count). The molecule has 3 heteroatoms. The molecule has 15 heavy (non-hydrogen) atoms. The zero-order valence-electron chi connectivity index (χ0n) is 8.94. The fourth-order valence-electron chi connectivity index (χ4n) is 1.07. The lowest BCUT2D eigenvalue weighted by atomic mass is 10.3. The molecule has 0 bridgehead atoms. The van der Waals surface area contributed by atoms with E-state index in [-0.39, 0.29) is 5.97 Å². The number of benzene rings is 1. The van der Waals surface area contributed by atoms with Crippen molar-refractivity contribution >= 4 is 5.97 Å². The van der Waals surface area contributed by atoms with Crippen molar-refractivity contribution in [3.63, 3.8) is 0 Å². The highest BCUT2D eigenvalue weighted by atomic mass is 16.5. The van der Waals surface area contributed by atoms with E-state index in [4.69, 9.17) is 9.47 Å². The Hall–Kier alpha value is -1.35. The van der Waals surface area contributed by atoms with Crippen LogP contribution >= 0.6 is 0 Å². The fraction of sp³-hybridized carbons (Fsp3) is 0.417. The van der Waals surface area contributed by atoms with Crippen LogP contribution in [0.15, 0.2) is 30.3 Å². The fourth-order valence-corrected chi connectivity index (χ4v) is 1.07. The van der Waals surface area contributed by atoms with Crippen LogP contribution in [-0.4, -0.2) is 19.2 Å². The summed E-state index contributed by atoms with van der Waals surface area (Å²) in [5.41, 5.74) is 0. The van der Waals surface area contributed by atoms with E-state index in [1.54, 1.807) is 12.1 Å². The van der Waals surface area contributed by atoms with E-state index in [1.165, 1.54) is 0 Å². The molecular formula is C12H16O3. The molecule has 0 aliphatic heterocycles. The third-order valence-corrected chi connectivity index (χ3v) is 1.77. The monoisotopic (exact) mass is 208 g/mol. The molecule has 0 heterocycles. The zero-order chi connectivity index (χ0) is 10.9. The number of para-hydroxylation sites is 1. The summed E-state index contributed by atoms with van der Waals surface area (Å²) < 4.78 is 10.3. The summed E-state index contributed by atoms with van der Waals surface area (Å²) in [5, 5.41) is 0. The molecular weight excluding hydrogens is 192 g/mol. The maximum Gasteiger partial charge on any atom is 0.313 e. The highest BCUT2D eigenvalue weighted by Gasteiger charge is 2.03. The minimum absolute atomic E-state index is 0.252. The Kier molecular flexibility index (Phi) is 5.48. The standard InChI is InChI=1S/C12H16O3/c1-2-9-14-10-8-12(13)15-11-6-4-3-5-7-11/h3-7H,2,8-10H2,1H3. The zero-order valence-corrected chi connectivity index (χ0v) is 8.94. The Balaban J connectivity index is 2.19. The lowest BCUT2D eigenvalue weighted by Crippen LogP contribution is -2.11. The Morgan fingerprint density at radius 3 is 2.60 bits per heavy atom. The van der Waals surface area contributed by atoms with Gasteiger partial charge in [-0.15, -0.1) is 0 Å². The van der Waals surface area contributed by atoms with E-state index in [0.29, 0.717) is 25.4 Å². The van der Waals surface area contributed by atoms with E-state index < -0.39 is 0 Å². The summed E-state index contributed by atoms with van der Waals surface area (Å²) >= 11 is 0. The molecule has 0 saturated carbocycles. The first kappa shape index (κ1) is 11.7. The lowest BCUT2D eigenvalue weighted by molar-refractivity contribution is -0.135. The first-order chi connectivity index (χ1) is 7.33. The second-order valence-corrected chi connectivity index (χ2v) is 3.15. The van der Waals surface area contributed by atoms with E-state index in [1.807, 2.05) is 25.1 Å². The summed E-state index contributed by atoms with van der Waals surface area (Å²) in [7, 11) is 0. The van der Waals surface area contributed by atoms with Crippen molar-refractivity contribution in [2.24, 2.45) is 0 Å². The maximum atomic E-state index is 11.3. The number of carbonyl (C=O) groups excluding carboxylic acids is 1. The summed E-state index contributed by atoms with van der Waals surface area (Å²) in [6.07, 6.45) is 1.27. The molecule has 0 aliphatic carbocycles. The van der Waals surface area contributed by atoms with Gasteiger partial charge >= 0.3 is 5.97 Å². The Bertz CT molecular complexity index is 282. The van der Waals surface area contributed by atoms with Gasteiger partial charge in [0.25, 0.3) is 0 Å². The average Bonchev–Trinajstić information content (AvgIpc) is 2.26. The van der Waals surface area contributed by atoms with Crippen LogP contribution in [0.2, 0.25) is 0 Å². The predicted molar refractivity (Wildman–Crippen MR) is 57.8 cm³/mol. The largest absolute Gasteiger partial charge is 0.426 e. The van der Waals surface area contributed by atoms with Gasteiger partial charge in [0.1, 0.15) is 5.75 Å². The van der Waals surface area contributed by atoms with E-state index in [0.717, 1.165) is 6.42 Å². The van der Waals surface area contributed by atoms with Gasteiger partial charge in [0, 0.05) is 6.61 Å². The van der Waals surface area contributed by atoms with Crippen molar-refractivity contribution in [2.45, 2.75) is 19.8 Å². The van der Waals surface area contributed by atoms with Crippen LogP contribution in [0.4, 0.5) is 0 Å². The van der Waals surface area contributed by atoms with Gasteiger partial charge in [0.05, 0.1) is 13.0 Å². The van der Waals surface area contributed by atoms with Crippen LogP contribution in [0.1, 0.15) is 19.8 Å². The van der Waals surface area contributed by atoms with E-state index in [2.05, 4.69) is 0 Å². The molecule has 1 aromatic rings. The number of hydrogen-bond acceptors (Lipinski definition) is 3. The van der Waals surface area contributed by atoms with Crippen LogP contribution in [-0.2, 0) is 9.53 Å². The molecule has 0 aromatic heterocycles. The first-order valence-corrected chi connectivity index (χ1v) is 5.16. The second-order valence-electron chi connectivity index (χ2n) is 3.15. The molecule has 3 nitrogen and oxygen atoms in total. The maximum absolute atomic E-state index is 11.3. The van der Waals surface area contributed by atoms with Gasteiger partial charge in [-0.05, 0) is 18.6 Å². The second kappa shape index (κ2) is 7.01. The normalized spacial score (nSPS) is 9.93. The molecule has 1 aromatic carbocycles. The van der Waals surface area contributed by atoms with Crippen LogP contribution < -0.4 is 4.74 Å². The predicted octanol–water partition coefficient (Wildman–Crippen LogP) is 2.41. The van der Waals surface area contributed by atoms with Crippen LogP contribution in [0.5, 0.6) is 5.75 Å². The highest BCUT2D eigenvalue weighted by Crippen LogP contribution is 2.08. The first-order valence-electron chi connectivity index (χ1n) is 5.16. The number of carbonyl (C=O) groups is 1.